The van der Waals surface area contributed by atoms with E-state index in [1.807, 2.05) is 0 Å². The van der Waals surface area contributed by atoms with E-state index in [-0.39, 0.29) is 24.8 Å². The normalized spacial score (nSPS) is 19.4. The van der Waals surface area contributed by atoms with Crippen molar-refractivity contribution in [2.24, 2.45) is 0 Å². The number of carboxylic acid groups (broad SMARTS) is 1. The molecular weight excluding hydrogens is 471 g/mol. The van der Waals surface area contributed by atoms with Crippen molar-refractivity contribution in [2.75, 3.05) is 13.2 Å². The summed E-state index contributed by atoms with van der Waals surface area (Å²) in [4.78, 5) is 29.6. The highest BCUT2D eigenvalue weighted by Gasteiger charge is 2.49. The van der Waals surface area contributed by atoms with Crippen LogP contribution in [0.25, 0.3) is 11.0 Å². The first-order valence-electron chi connectivity index (χ1n) is 9.76. The Morgan fingerprint density at radius 3 is 2.64 bits per heavy atom. The maximum Gasteiger partial charge on any atom is 0.534 e. The van der Waals surface area contributed by atoms with Gasteiger partial charge in [-0.2, -0.15) is 21.6 Å². The molecule has 0 bridgehead atoms. The van der Waals surface area contributed by atoms with Gasteiger partial charge in [0.15, 0.2) is 0 Å². The van der Waals surface area contributed by atoms with Crippen LogP contribution in [0.5, 0.6) is 0 Å². The molecule has 3 heterocycles. The molecule has 10 nitrogen and oxygen atoms in total. The van der Waals surface area contributed by atoms with Gasteiger partial charge in [0.05, 0.1) is 42.2 Å². The number of fused-ring (bicyclic) bond motifs is 1. The van der Waals surface area contributed by atoms with Crippen LogP contribution in [0.15, 0.2) is 30.0 Å². The number of carbonyl (C=O) groups is 2. The predicted molar refractivity (Wildman–Crippen MR) is 105 cm³/mol. The number of nitrogens with zero attached hydrogens (tertiary/aromatic N) is 3. The molecule has 0 saturated carbocycles. The van der Waals surface area contributed by atoms with E-state index in [0.29, 0.717) is 30.0 Å². The highest BCUT2D eigenvalue weighted by atomic mass is 32.2. The number of carboxylic acids is 1. The van der Waals surface area contributed by atoms with Crippen LogP contribution in [0.1, 0.15) is 29.0 Å². The average molecular weight is 489 g/mol. The number of alkyl halides is 3. The minimum Gasteiger partial charge on any atom is -0.478 e. The second-order valence-electron chi connectivity index (χ2n) is 7.53. The van der Waals surface area contributed by atoms with Crippen molar-refractivity contribution in [3.63, 3.8) is 0 Å². The van der Waals surface area contributed by atoms with Crippen LogP contribution in [0, 0.1) is 0 Å². The third-order valence-corrected chi connectivity index (χ3v) is 6.30. The second kappa shape index (κ2) is 8.33. The summed E-state index contributed by atoms with van der Waals surface area (Å²) in [6.45, 7) is 0.764. The van der Waals surface area contributed by atoms with Gasteiger partial charge in [-0.15, -0.1) is 0 Å². The monoisotopic (exact) mass is 489 g/mol. The van der Waals surface area contributed by atoms with Gasteiger partial charge < -0.3 is 23.5 Å². The molecule has 1 amide bonds. The zero-order valence-electron chi connectivity index (χ0n) is 16.9. The summed E-state index contributed by atoms with van der Waals surface area (Å²) in [6.07, 6.45) is 1.14. The highest BCUT2D eigenvalue weighted by Crippen LogP contribution is 2.29. The first-order valence-corrected chi connectivity index (χ1v) is 11.2. The zero-order valence-corrected chi connectivity index (χ0v) is 17.7. The lowest BCUT2D eigenvalue weighted by molar-refractivity contribution is -0.132. The summed E-state index contributed by atoms with van der Waals surface area (Å²) in [5, 5.41) is 9.29. The molecule has 1 fully saturated rings. The van der Waals surface area contributed by atoms with Gasteiger partial charge in [-0.1, -0.05) is 0 Å². The van der Waals surface area contributed by atoms with Crippen molar-refractivity contribution in [1.29, 1.82) is 0 Å². The van der Waals surface area contributed by atoms with E-state index in [9.17, 15) is 36.3 Å². The van der Waals surface area contributed by atoms with E-state index < -0.39 is 39.7 Å². The summed E-state index contributed by atoms with van der Waals surface area (Å²) in [6, 6.07) is 4.43. The third-order valence-electron chi connectivity index (χ3n) is 5.30. The molecular formula is C19H18F3N3O7S. The van der Waals surface area contributed by atoms with Crippen molar-refractivity contribution < 1.29 is 45.2 Å². The molecule has 2 aromatic rings. The summed E-state index contributed by atoms with van der Waals surface area (Å²) >= 11 is 0. The Bertz CT molecular complexity index is 1250. The van der Waals surface area contributed by atoms with Crippen LogP contribution >= 0.6 is 0 Å². The Morgan fingerprint density at radius 2 is 2.06 bits per heavy atom. The maximum atomic E-state index is 12.5. The topological polar surface area (TPSA) is 128 Å². The van der Waals surface area contributed by atoms with Crippen LogP contribution in [0.4, 0.5) is 13.2 Å². The van der Waals surface area contributed by atoms with Crippen LogP contribution in [-0.4, -0.2) is 64.6 Å². The first kappa shape index (κ1) is 23.0. The fourth-order valence-electron chi connectivity index (χ4n) is 3.48. The first-order chi connectivity index (χ1) is 15.4. The lowest BCUT2D eigenvalue weighted by atomic mass is 10.1. The number of halogens is 3. The number of hydrogen-bond donors (Lipinski definition) is 1. The quantitative estimate of drug-likeness (QED) is 0.462. The van der Waals surface area contributed by atoms with E-state index >= 15 is 0 Å². The fourth-order valence-corrected chi connectivity index (χ4v) is 3.99. The Morgan fingerprint density at radius 1 is 1.33 bits per heavy atom. The number of amides is 1. The van der Waals surface area contributed by atoms with Crippen molar-refractivity contribution >= 4 is 33.0 Å². The smallest absolute Gasteiger partial charge is 0.478 e. The van der Waals surface area contributed by atoms with Gasteiger partial charge in [0.2, 0.25) is 5.91 Å². The molecule has 14 heteroatoms. The number of carbonyl (C=O) groups excluding carboxylic acids is 1. The van der Waals surface area contributed by atoms with Gasteiger partial charge in [0.25, 0.3) is 0 Å². The number of benzene rings is 1. The minimum atomic E-state index is -5.86. The van der Waals surface area contributed by atoms with Gasteiger partial charge in [-0.05, 0) is 30.7 Å². The summed E-state index contributed by atoms with van der Waals surface area (Å²) in [7, 11) is -5.86. The molecule has 0 radical (unpaired) electrons. The second-order valence-corrected chi connectivity index (χ2v) is 9.07. The van der Waals surface area contributed by atoms with Crippen molar-refractivity contribution in [3.05, 3.63) is 41.4 Å². The SMILES string of the molecule is O=C(O)c1ccc2nc(CN3CC=C(OS(=O)(=O)C(F)(F)F)CC3=O)n(C[C@@H]3CCO3)c2c1. The van der Waals surface area contributed by atoms with E-state index in [1.54, 1.807) is 10.6 Å². The van der Waals surface area contributed by atoms with Crippen LogP contribution in [0.2, 0.25) is 0 Å². The van der Waals surface area contributed by atoms with Gasteiger partial charge in [0, 0.05) is 13.2 Å². The van der Waals surface area contributed by atoms with Gasteiger partial charge >= 0.3 is 21.6 Å². The Labute approximate surface area is 185 Å². The molecule has 2 aliphatic rings. The van der Waals surface area contributed by atoms with E-state index in [2.05, 4.69) is 9.17 Å². The number of hydrogen-bond acceptors (Lipinski definition) is 7. The largest absolute Gasteiger partial charge is 0.534 e. The molecule has 33 heavy (non-hydrogen) atoms. The molecule has 1 N–H and O–H groups in total. The van der Waals surface area contributed by atoms with Gasteiger partial charge in [-0.25, -0.2) is 9.78 Å². The molecule has 1 aromatic carbocycles. The number of aromatic carboxylic acids is 1. The van der Waals surface area contributed by atoms with E-state index in [4.69, 9.17) is 4.74 Å². The van der Waals surface area contributed by atoms with Crippen molar-refractivity contribution in [3.8, 4) is 0 Å². The Balaban J connectivity index is 1.58. The molecule has 1 aromatic heterocycles. The molecule has 0 aliphatic carbocycles. The summed E-state index contributed by atoms with van der Waals surface area (Å²) in [5.41, 5.74) is -4.48. The summed E-state index contributed by atoms with van der Waals surface area (Å²) in [5.74, 6) is -1.92. The van der Waals surface area contributed by atoms with E-state index in [1.165, 1.54) is 17.0 Å². The van der Waals surface area contributed by atoms with Crippen LogP contribution < -0.4 is 0 Å². The number of ether oxygens (including phenoxy) is 1. The third kappa shape index (κ3) is 4.66. The van der Waals surface area contributed by atoms with Gasteiger partial charge in [-0.3, -0.25) is 4.79 Å². The highest BCUT2D eigenvalue weighted by molar-refractivity contribution is 7.87. The molecule has 0 unspecified atom stereocenters. The van der Waals surface area contributed by atoms with Crippen LogP contribution in [0.3, 0.4) is 0 Å². The standard InChI is InChI=1S/C19H18F3N3O7S/c20-19(21,22)33(29,30)32-12-3-5-24(17(26)8-12)10-16-23-14-2-1-11(18(27)28)7-15(14)25(16)9-13-4-6-31-13/h1-3,7,13H,4-6,8-10H2,(H,27,28)/t13-/m0/s1. The number of aromatic nitrogens is 2. The van der Waals surface area contributed by atoms with Crippen molar-refractivity contribution in [1.82, 2.24) is 14.5 Å². The molecule has 1 atom stereocenters. The molecule has 0 spiro atoms. The molecule has 178 valence electrons. The lowest BCUT2D eigenvalue weighted by Crippen LogP contribution is -2.37. The molecule has 2 aliphatic heterocycles. The zero-order chi connectivity index (χ0) is 24.0. The Hall–Kier alpha value is -3.13. The maximum absolute atomic E-state index is 12.5. The number of rotatable bonds is 7. The summed E-state index contributed by atoms with van der Waals surface area (Å²) < 4.78 is 71.2. The fraction of sp³-hybridized carbons (Fsp3) is 0.421. The van der Waals surface area contributed by atoms with E-state index in [0.717, 1.165) is 12.5 Å². The van der Waals surface area contributed by atoms with Crippen molar-refractivity contribution in [2.45, 2.75) is 37.5 Å². The molecule has 4 rings (SSSR count). The van der Waals surface area contributed by atoms with Gasteiger partial charge in [0.1, 0.15) is 11.6 Å². The Kier molecular flexibility index (Phi) is 5.82. The average Bonchev–Trinajstić information content (AvgIpc) is 3.01. The minimum absolute atomic E-state index is 0.0293. The number of imidazole rings is 1. The van der Waals surface area contributed by atoms with Crippen LogP contribution in [-0.2, 0) is 36.9 Å². The molecule has 1 saturated heterocycles. The predicted octanol–water partition coefficient (Wildman–Crippen LogP) is 2.01. The lowest BCUT2D eigenvalue weighted by Gasteiger charge is -2.29.